The number of hydrogen-bond donors (Lipinski definition) is 3. The van der Waals surface area contributed by atoms with Gasteiger partial charge < -0.3 is 29.0 Å². The molecule has 252 valence electrons. The minimum absolute atomic E-state index is 0.0408. The monoisotopic (exact) mass is 671 g/mol. The number of fused-ring (bicyclic) bond motifs is 1. The van der Waals surface area contributed by atoms with E-state index in [1.54, 1.807) is 23.0 Å². The lowest BCUT2D eigenvalue weighted by atomic mass is 10.1. The molecule has 4 rings (SSSR count). The summed E-state index contributed by atoms with van der Waals surface area (Å²) in [5.41, 5.74) is 1.46. The summed E-state index contributed by atoms with van der Waals surface area (Å²) in [6, 6.07) is 8.64. The quantitative estimate of drug-likeness (QED) is 0.217. The maximum Gasteiger partial charge on any atom is 0.406 e. The Kier molecular flexibility index (Phi) is 10.3. The van der Waals surface area contributed by atoms with Gasteiger partial charge in [0.25, 0.3) is 0 Å². The molecule has 1 saturated heterocycles. The van der Waals surface area contributed by atoms with E-state index in [1.807, 2.05) is 18.2 Å². The fraction of sp³-hybridized carbons (Fsp3) is 0.581. The van der Waals surface area contributed by atoms with Crippen LogP contribution in [-0.4, -0.2) is 80.2 Å². The van der Waals surface area contributed by atoms with E-state index < -0.39 is 53.3 Å². The van der Waals surface area contributed by atoms with E-state index in [2.05, 4.69) is 98.6 Å². The van der Waals surface area contributed by atoms with Gasteiger partial charge in [0.2, 0.25) is 0 Å². The van der Waals surface area contributed by atoms with E-state index in [-0.39, 0.29) is 22.5 Å². The van der Waals surface area contributed by atoms with Crippen molar-refractivity contribution >= 4 is 51.4 Å². The van der Waals surface area contributed by atoms with Gasteiger partial charge in [-0.05, 0) is 48.4 Å². The van der Waals surface area contributed by atoms with Crippen LogP contribution in [-0.2, 0) is 18.3 Å². The number of alkyl carbamates (subject to hydrolysis) is 1. The molecule has 3 N–H and O–H groups in total. The predicted molar refractivity (Wildman–Crippen MR) is 183 cm³/mol. The number of nitrogens with zero attached hydrogens (tertiary/aromatic N) is 4. The molecule has 1 aromatic carbocycles. The van der Waals surface area contributed by atoms with Gasteiger partial charge in [-0.15, -0.1) is 0 Å². The Hall–Kier alpha value is -3.38. The first-order chi connectivity index (χ1) is 21.3. The molecule has 0 aliphatic carbocycles. The Morgan fingerprint density at radius 1 is 0.891 bits per heavy atom. The number of urea groups is 1. The Bertz CT molecular complexity index is 1520. The highest BCUT2D eigenvalue weighted by Gasteiger charge is 2.55. The zero-order valence-corrected chi connectivity index (χ0v) is 30.8. The number of imidazole rings is 1. The zero-order chi connectivity index (χ0) is 34.1. The van der Waals surface area contributed by atoms with Gasteiger partial charge in [-0.25, -0.2) is 24.5 Å². The van der Waals surface area contributed by atoms with Crippen molar-refractivity contribution in [2.45, 2.75) is 102 Å². The van der Waals surface area contributed by atoms with Crippen LogP contribution < -0.4 is 16.0 Å². The lowest BCUT2D eigenvalue weighted by Gasteiger charge is -2.44. The smallest absolute Gasteiger partial charge is 0.406 e. The topological polar surface area (TPSA) is 151 Å². The van der Waals surface area contributed by atoms with Gasteiger partial charge in [-0.1, -0.05) is 59.7 Å². The average Bonchev–Trinajstić information content (AvgIpc) is 3.52. The van der Waals surface area contributed by atoms with Crippen LogP contribution in [0.3, 0.4) is 0 Å². The van der Waals surface area contributed by atoms with Crippen LogP contribution >= 0.6 is 0 Å². The fourth-order valence-electron chi connectivity index (χ4n) is 4.52. The van der Waals surface area contributed by atoms with Gasteiger partial charge in [0, 0.05) is 12.7 Å². The number of ether oxygens (including phenoxy) is 2. The number of para-hydroxylation sites is 1. The molecule has 3 amide bonds. The van der Waals surface area contributed by atoms with Gasteiger partial charge >= 0.3 is 12.1 Å². The molecule has 15 heteroatoms. The first kappa shape index (κ1) is 35.5. The summed E-state index contributed by atoms with van der Waals surface area (Å²) in [5, 5.41) is 7.86. The van der Waals surface area contributed by atoms with Crippen LogP contribution in [0.5, 0.6) is 0 Å². The van der Waals surface area contributed by atoms with Crippen molar-refractivity contribution in [1.82, 2.24) is 24.8 Å². The third-order valence-corrected chi connectivity index (χ3v) is 18.2. The highest BCUT2D eigenvalue weighted by Crippen LogP contribution is 2.46. The molecule has 46 heavy (non-hydrogen) atoms. The number of carbonyl (C=O) groups is 2. The highest BCUT2D eigenvalue weighted by molar-refractivity contribution is 6.74. The van der Waals surface area contributed by atoms with Crippen molar-refractivity contribution < 1.29 is 27.9 Å². The van der Waals surface area contributed by atoms with E-state index in [0.29, 0.717) is 16.9 Å². The molecular weight excluding hydrogens is 623 g/mol. The van der Waals surface area contributed by atoms with Crippen LogP contribution in [0.1, 0.15) is 47.8 Å². The first-order valence-corrected chi connectivity index (χ1v) is 21.3. The van der Waals surface area contributed by atoms with E-state index in [9.17, 15) is 9.59 Å². The molecular formula is C31H49N7O6Si2. The molecule has 13 nitrogen and oxygen atoms in total. The third kappa shape index (κ3) is 7.77. The molecule has 0 spiro atoms. The third-order valence-electron chi connectivity index (χ3n) is 9.24. The summed E-state index contributed by atoms with van der Waals surface area (Å²) in [5.74, 6) is 0.241. The van der Waals surface area contributed by atoms with Crippen molar-refractivity contribution in [2.24, 2.45) is 0 Å². The Labute approximate surface area is 273 Å². The summed E-state index contributed by atoms with van der Waals surface area (Å²) in [6.45, 7) is 21.7. The molecule has 0 bridgehead atoms. The highest BCUT2D eigenvalue weighted by atomic mass is 28.4. The maximum atomic E-state index is 12.8. The predicted octanol–water partition coefficient (Wildman–Crippen LogP) is 6.50. The van der Waals surface area contributed by atoms with Crippen molar-refractivity contribution in [3.8, 4) is 0 Å². The van der Waals surface area contributed by atoms with Crippen LogP contribution in [0, 0.1) is 0 Å². The number of carbonyl (C=O) groups excluding carboxylic acids is 2. The number of amides is 3. The van der Waals surface area contributed by atoms with Gasteiger partial charge in [-0.3, -0.25) is 9.88 Å². The molecule has 1 fully saturated rings. The number of hydrogen-bond acceptors (Lipinski definition) is 9. The summed E-state index contributed by atoms with van der Waals surface area (Å²) in [6.07, 6.45) is -0.0973. The number of rotatable bonds is 9. The van der Waals surface area contributed by atoms with Crippen LogP contribution in [0.25, 0.3) is 11.2 Å². The van der Waals surface area contributed by atoms with E-state index in [0.717, 1.165) is 0 Å². The minimum Gasteiger partial charge on any atom is -0.447 e. The van der Waals surface area contributed by atoms with Crippen molar-refractivity contribution in [1.29, 1.82) is 0 Å². The summed E-state index contributed by atoms with van der Waals surface area (Å²) >= 11 is 0. The Morgan fingerprint density at radius 3 is 2.09 bits per heavy atom. The van der Waals surface area contributed by atoms with E-state index in [1.165, 1.54) is 13.4 Å². The second-order valence-corrected chi connectivity index (χ2v) is 24.1. The molecule has 2 aromatic heterocycles. The molecule has 1 aliphatic heterocycles. The lowest BCUT2D eigenvalue weighted by Crippen LogP contribution is -2.54. The normalized spacial score (nSPS) is 20.8. The van der Waals surface area contributed by atoms with Crippen molar-refractivity contribution in [3.05, 3.63) is 43.0 Å². The van der Waals surface area contributed by atoms with Crippen molar-refractivity contribution in [3.63, 3.8) is 0 Å². The number of aromatic nitrogens is 4. The summed E-state index contributed by atoms with van der Waals surface area (Å²) < 4.78 is 28.2. The van der Waals surface area contributed by atoms with E-state index in [4.69, 9.17) is 18.3 Å². The second-order valence-electron chi connectivity index (χ2n) is 14.6. The largest absolute Gasteiger partial charge is 0.447 e. The molecule has 3 aromatic rings. The van der Waals surface area contributed by atoms with E-state index >= 15 is 0 Å². The molecule has 1 aliphatic rings. The number of nitrogens with one attached hydrogen (secondary N) is 3. The maximum absolute atomic E-state index is 12.8. The standard InChI is InChI=1S/C31H49N7O6Si2/c1-30(2,3)45(8,9)43-23-21(17-41-29(40)32-7)42-27(24(23)44-46(10,11)31(4,5)6)38-19-35-22-25(33-18-34-26(22)38)37-28(39)36-20-15-13-12-14-16-20/h12-16,18-19,21,23-24,27H,17H2,1-11H3,(H,32,40)(H2,33,34,36,37,39). The van der Waals surface area contributed by atoms with Gasteiger partial charge in [0.1, 0.15) is 31.2 Å². The summed E-state index contributed by atoms with van der Waals surface area (Å²) in [4.78, 5) is 38.4. The van der Waals surface area contributed by atoms with Crippen molar-refractivity contribution in [2.75, 3.05) is 24.3 Å². The lowest BCUT2D eigenvalue weighted by molar-refractivity contribution is -0.0513. The first-order valence-electron chi connectivity index (χ1n) is 15.5. The Balaban J connectivity index is 1.75. The minimum atomic E-state index is -2.40. The molecule has 0 saturated carbocycles. The summed E-state index contributed by atoms with van der Waals surface area (Å²) in [7, 11) is -3.26. The van der Waals surface area contributed by atoms with Gasteiger partial charge in [-0.2, -0.15) is 0 Å². The molecule has 3 heterocycles. The molecule has 4 atom stereocenters. The van der Waals surface area contributed by atoms with Crippen LogP contribution in [0.2, 0.25) is 36.3 Å². The van der Waals surface area contributed by atoms with Crippen LogP contribution in [0.4, 0.5) is 21.1 Å². The Morgan fingerprint density at radius 2 is 1.50 bits per heavy atom. The average molecular weight is 672 g/mol. The zero-order valence-electron chi connectivity index (χ0n) is 28.8. The second kappa shape index (κ2) is 13.4. The van der Waals surface area contributed by atoms with Gasteiger partial charge in [0.15, 0.2) is 39.8 Å². The molecule has 4 unspecified atom stereocenters. The van der Waals surface area contributed by atoms with Gasteiger partial charge in [0.05, 0.1) is 6.33 Å². The van der Waals surface area contributed by atoms with Crippen LogP contribution in [0.15, 0.2) is 43.0 Å². The molecule has 0 radical (unpaired) electrons. The number of anilines is 2. The SMILES string of the molecule is CNC(=O)OCC1OC(n2cnc3c(NC(=O)Nc4ccccc4)ncnc32)C(O[Si](C)(C)C(C)(C)C)C1O[Si](C)(C)C(C)(C)C. The fourth-order valence-corrected chi connectivity index (χ4v) is 7.12. The number of benzene rings is 1.